The Balaban J connectivity index is 2.17. The summed E-state index contributed by atoms with van der Waals surface area (Å²) in [6, 6.07) is 2.74. The van der Waals surface area contributed by atoms with E-state index in [0.717, 1.165) is 3.57 Å². The van der Waals surface area contributed by atoms with Crippen molar-refractivity contribution in [3.8, 4) is 0 Å². The number of rotatable bonds is 1. The summed E-state index contributed by atoms with van der Waals surface area (Å²) in [4.78, 5) is 4.11. The monoisotopic (exact) mass is 354 g/mol. The van der Waals surface area contributed by atoms with Crippen LogP contribution >= 0.6 is 34.2 Å². The average Bonchev–Trinajstić information content (AvgIpc) is 2.66. The van der Waals surface area contributed by atoms with Gasteiger partial charge in [0.05, 0.1) is 22.4 Å². The standard InChI is InChI=1S/C10H6ClF2IN2/c11-5-1-8-7(2-6(5)14)15-4-16(8)9-3-10(9,12)13/h1-2,4,9H,3H2/t9-/m1/s1. The second-order valence-electron chi connectivity index (χ2n) is 3.89. The molecule has 0 spiro atoms. The number of hydrogen-bond acceptors (Lipinski definition) is 1. The van der Waals surface area contributed by atoms with Crippen LogP contribution in [0.4, 0.5) is 8.78 Å². The van der Waals surface area contributed by atoms with Crippen LogP contribution in [-0.4, -0.2) is 15.5 Å². The first-order chi connectivity index (χ1) is 7.49. The van der Waals surface area contributed by atoms with Crippen LogP contribution in [0.3, 0.4) is 0 Å². The van der Waals surface area contributed by atoms with Gasteiger partial charge in [-0.15, -0.1) is 0 Å². The van der Waals surface area contributed by atoms with Gasteiger partial charge in [-0.3, -0.25) is 0 Å². The second-order valence-corrected chi connectivity index (χ2v) is 5.46. The Kier molecular flexibility index (Phi) is 2.20. The van der Waals surface area contributed by atoms with E-state index in [0.29, 0.717) is 16.1 Å². The van der Waals surface area contributed by atoms with Crippen molar-refractivity contribution in [2.75, 3.05) is 0 Å². The third kappa shape index (κ3) is 1.52. The van der Waals surface area contributed by atoms with Crippen molar-refractivity contribution < 1.29 is 8.78 Å². The number of aromatic nitrogens is 2. The molecule has 0 radical (unpaired) electrons. The average molecular weight is 355 g/mol. The largest absolute Gasteiger partial charge is 0.321 e. The molecule has 0 bridgehead atoms. The van der Waals surface area contributed by atoms with Crippen molar-refractivity contribution in [2.45, 2.75) is 18.4 Å². The zero-order chi connectivity index (χ0) is 11.5. The van der Waals surface area contributed by atoms with E-state index < -0.39 is 12.0 Å². The highest BCUT2D eigenvalue weighted by atomic mass is 127. The van der Waals surface area contributed by atoms with E-state index in [2.05, 4.69) is 27.6 Å². The fraction of sp³-hybridized carbons (Fsp3) is 0.300. The molecule has 0 N–H and O–H groups in total. The van der Waals surface area contributed by atoms with Gasteiger partial charge in [-0.2, -0.15) is 0 Å². The molecule has 0 unspecified atom stereocenters. The van der Waals surface area contributed by atoms with Gasteiger partial charge in [0.1, 0.15) is 6.04 Å². The lowest BCUT2D eigenvalue weighted by Gasteiger charge is -2.03. The number of halogens is 4. The Hall–Kier alpha value is -0.430. The molecule has 0 aliphatic heterocycles. The summed E-state index contributed by atoms with van der Waals surface area (Å²) in [5, 5.41) is 0.568. The Bertz CT molecular complexity index is 581. The van der Waals surface area contributed by atoms with Crippen LogP contribution in [0, 0.1) is 3.57 Å². The third-order valence-corrected chi connectivity index (χ3v) is 4.27. The number of benzene rings is 1. The fourth-order valence-electron chi connectivity index (χ4n) is 1.77. The van der Waals surface area contributed by atoms with Crippen LogP contribution in [0.1, 0.15) is 12.5 Å². The highest BCUT2D eigenvalue weighted by Gasteiger charge is 2.58. The minimum absolute atomic E-state index is 0.109. The molecule has 1 aliphatic rings. The van der Waals surface area contributed by atoms with Gasteiger partial charge in [0.25, 0.3) is 5.92 Å². The van der Waals surface area contributed by atoms with Crippen molar-refractivity contribution in [1.82, 2.24) is 9.55 Å². The molecular weight excluding hydrogens is 348 g/mol. The van der Waals surface area contributed by atoms with Crippen LogP contribution in [-0.2, 0) is 0 Å². The maximum Gasteiger partial charge on any atom is 0.270 e. The van der Waals surface area contributed by atoms with Crippen LogP contribution in [0.15, 0.2) is 18.5 Å². The summed E-state index contributed by atoms with van der Waals surface area (Å²) in [5.74, 6) is -2.59. The fourth-order valence-corrected chi connectivity index (χ4v) is 2.38. The molecule has 2 aromatic rings. The first-order valence-electron chi connectivity index (χ1n) is 4.68. The third-order valence-electron chi connectivity index (χ3n) is 2.75. The van der Waals surface area contributed by atoms with E-state index in [1.165, 1.54) is 10.9 Å². The van der Waals surface area contributed by atoms with E-state index >= 15 is 0 Å². The molecule has 1 aliphatic carbocycles. The zero-order valence-corrected chi connectivity index (χ0v) is 10.8. The molecule has 6 heteroatoms. The predicted molar refractivity (Wildman–Crippen MR) is 66.1 cm³/mol. The van der Waals surface area contributed by atoms with E-state index in [-0.39, 0.29) is 6.42 Å². The van der Waals surface area contributed by atoms with E-state index in [9.17, 15) is 8.78 Å². The van der Waals surface area contributed by atoms with Gasteiger partial charge in [-0.25, -0.2) is 13.8 Å². The maximum absolute atomic E-state index is 13.0. The van der Waals surface area contributed by atoms with Crippen molar-refractivity contribution in [3.63, 3.8) is 0 Å². The van der Waals surface area contributed by atoms with Crippen molar-refractivity contribution in [3.05, 3.63) is 27.1 Å². The van der Waals surface area contributed by atoms with Crippen LogP contribution in [0.25, 0.3) is 11.0 Å². The van der Waals surface area contributed by atoms with Crippen LogP contribution < -0.4 is 0 Å². The summed E-state index contributed by atoms with van der Waals surface area (Å²) in [6.07, 6.45) is 1.35. The molecule has 84 valence electrons. The lowest BCUT2D eigenvalue weighted by Crippen LogP contribution is -2.00. The predicted octanol–water partition coefficient (Wildman–Crippen LogP) is 3.87. The number of fused-ring (bicyclic) bond motifs is 1. The number of hydrogen-bond donors (Lipinski definition) is 0. The Morgan fingerprint density at radius 1 is 1.50 bits per heavy atom. The molecule has 0 saturated heterocycles. The summed E-state index contributed by atoms with van der Waals surface area (Å²) < 4.78 is 28.4. The smallest absolute Gasteiger partial charge is 0.270 e. The Morgan fingerprint density at radius 3 is 2.81 bits per heavy atom. The van der Waals surface area contributed by atoms with E-state index in [4.69, 9.17) is 11.6 Å². The molecule has 2 nitrogen and oxygen atoms in total. The van der Waals surface area contributed by atoms with Gasteiger partial charge in [-0.05, 0) is 34.7 Å². The molecule has 1 aromatic heterocycles. The summed E-state index contributed by atoms with van der Waals surface area (Å²) in [6.45, 7) is 0. The topological polar surface area (TPSA) is 17.8 Å². The Labute approximate surface area is 109 Å². The van der Waals surface area contributed by atoms with Crippen molar-refractivity contribution >= 4 is 45.2 Å². The SMILES string of the molecule is FC1(F)C[C@H]1n1cnc2cc(I)c(Cl)cc21. The minimum Gasteiger partial charge on any atom is -0.321 e. The molecule has 1 atom stereocenters. The molecule has 16 heavy (non-hydrogen) atoms. The van der Waals surface area contributed by atoms with Gasteiger partial charge in [0.2, 0.25) is 0 Å². The Morgan fingerprint density at radius 2 is 2.19 bits per heavy atom. The number of imidazole rings is 1. The molecular formula is C10H6ClF2IN2. The normalized spacial score (nSPS) is 22.6. The van der Waals surface area contributed by atoms with Gasteiger partial charge >= 0.3 is 0 Å². The molecule has 1 saturated carbocycles. The summed E-state index contributed by atoms with van der Waals surface area (Å²) >= 11 is 8.07. The number of alkyl halides is 2. The maximum atomic E-state index is 13.0. The van der Waals surface area contributed by atoms with Gasteiger partial charge in [0.15, 0.2) is 0 Å². The minimum atomic E-state index is -2.59. The molecule has 3 rings (SSSR count). The number of nitrogens with zero attached hydrogens (tertiary/aromatic N) is 2. The van der Waals surface area contributed by atoms with Gasteiger partial charge in [-0.1, -0.05) is 11.6 Å². The van der Waals surface area contributed by atoms with E-state index in [1.54, 1.807) is 12.1 Å². The quantitative estimate of drug-likeness (QED) is 0.711. The van der Waals surface area contributed by atoms with Gasteiger partial charge < -0.3 is 4.57 Å². The zero-order valence-electron chi connectivity index (χ0n) is 7.92. The van der Waals surface area contributed by atoms with Crippen LogP contribution in [0.2, 0.25) is 5.02 Å². The van der Waals surface area contributed by atoms with Crippen molar-refractivity contribution in [1.29, 1.82) is 0 Å². The summed E-state index contributed by atoms with van der Waals surface area (Å²) in [7, 11) is 0. The highest BCUT2D eigenvalue weighted by Crippen LogP contribution is 2.53. The van der Waals surface area contributed by atoms with E-state index in [1.807, 2.05) is 0 Å². The molecule has 1 aromatic carbocycles. The second kappa shape index (κ2) is 3.29. The summed E-state index contributed by atoms with van der Waals surface area (Å²) in [5.41, 5.74) is 1.38. The lowest BCUT2D eigenvalue weighted by atomic mass is 10.3. The first kappa shape index (κ1) is 10.7. The first-order valence-corrected chi connectivity index (χ1v) is 6.14. The molecule has 1 fully saturated rings. The van der Waals surface area contributed by atoms with Crippen molar-refractivity contribution in [2.24, 2.45) is 0 Å². The molecule has 0 amide bonds. The van der Waals surface area contributed by atoms with Crippen LogP contribution in [0.5, 0.6) is 0 Å². The van der Waals surface area contributed by atoms with Gasteiger partial charge in [0, 0.05) is 9.99 Å². The molecule has 1 heterocycles. The highest BCUT2D eigenvalue weighted by molar-refractivity contribution is 14.1. The lowest BCUT2D eigenvalue weighted by molar-refractivity contribution is 0.101.